The van der Waals surface area contributed by atoms with E-state index in [1.807, 2.05) is 13.8 Å². The number of rotatable bonds is 10. The maximum Gasteiger partial charge on any atom is 0.217 e. The van der Waals surface area contributed by atoms with Gasteiger partial charge in [0.15, 0.2) is 0 Å². The van der Waals surface area contributed by atoms with E-state index in [-0.39, 0.29) is 57.2 Å². The average Bonchev–Trinajstić information content (AvgIpc) is 3.59. The predicted molar refractivity (Wildman–Crippen MR) is 221 cm³/mol. The topological polar surface area (TPSA) is 155 Å². The minimum absolute atomic E-state index is 0.0296. The van der Waals surface area contributed by atoms with Crippen LogP contribution in [0.25, 0.3) is 0 Å². The molecule has 0 bridgehead atoms. The molecule has 54 heavy (non-hydrogen) atoms. The van der Waals surface area contributed by atoms with E-state index in [1.54, 1.807) is 34.6 Å². The number of ether oxygens (including phenoxy) is 1. The molecule has 4 rings (SSSR count). The summed E-state index contributed by atoms with van der Waals surface area (Å²) in [6.07, 6.45) is 10.7. The molecule has 0 aromatic heterocycles. The molecule has 0 aromatic carbocycles. The summed E-state index contributed by atoms with van der Waals surface area (Å²) in [5.41, 5.74) is 0.279. The molecule has 1 heterocycles. The number of carbonyl (C=O) groups excluding carboxylic acids is 5. The second-order valence-electron chi connectivity index (χ2n) is 18.6. The van der Waals surface area contributed by atoms with E-state index < -0.39 is 0 Å². The smallest absolute Gasteiger partial charge is 0.217 e. The van der Waals surface area contributed by atoms with Crippen molar-refractivity contribution >= 4 is 29.5 Å². The number of nitrogens with one attached hydrogen (secondary N) is 5. The van der Waals surface area contributed by atoms with Crippen molar-refractivity contribution in [1.82, 2.24) is 26.6 Å². The zero-order chi connectivity index (χ0) is 42.3. The summed E-state index contributed by atoms with van der Waals surface area (Å²) in [7, 11) is 0. The SMILES string of the molecule is CC(=O)NC(C)(C)C(C)C.CC(=O)NC1(C(C)C)CC1.CC(=O)NC1(C(C)C)CCC1.CC(=O)NC1(C(C)C)CCCC1.CC(=O)NC1(C(C)C)COC1. The van der Waals surface area contributed by atoms with Crippen LogP contribution in [0.3, 0.4) is 0 Å². The maximum absolute atomic E-state index is 11.0. The lowest BCUT2D eigenvalue weighted by Gasteiger charge is -2.45. The first-order valence-electron chi connectivity index (χ1n) is 20.6. The molecule has 5 amide bonds. The zero-order valence-electron chi connectivity index (χ0n) is 37.6. The lowest BCUT2D eigenvalue weighted by atomic mass is 9.69. The third-order valence-corrected chi connectivity index (χ3v) is 12.3. The predicted octanol–water partition coefficient (Wildman–Crippen LogP) is 7.21. The molecule has 11 nitrogen and oxygen atoms in total. The van der Waals surface area contributed by atoms with Crippen LogP contribution < -0.4 is 26.6 Å². The number of hydrogen-bond acceptors (Lipinski definition) is 6. The van der Waals surface area contributed by atoms with Crippen LogP contribution in [0.2, 0.25) is 0 Å². The summed E-state index contributed by atoms with van der Waals surface area (Å²) < 4.78 is 5.09. The molecule has 1 saturated heterocycles. The second kappa shape index (κ2) is 22.2. The molecule has 11 heteroatoms. The summed E-state index contributed by atoms with van der Waals surface area (Å²) in [5, 5.41) is 15.0. The molecule has 3 saturated carbocycles. The van der Waals surface area contributed by atoms with Gasteiger partial charge in [-0.2, -0.15) is 0 Å². The van der Waals surface area contributed by atoms with Crippen LogP contribution in [0.1, 0.15) is 175 Å². The lowest BCUT2D eigenvalue weighted by molar-refractivity contribution is -0.136. The normalized spacial score (nSPS) is 19.4. The molecular formula is C43H83N5O6. The maximum atomic E-state index is 11.0. The van der Waals surface area contributed by atoms with Crippen molar-refractivity contribution in [2.75, 3.05) is 13.2 Å². The van der Waals surface area contributed by atoms with Gasteiger partial charge in [-0.05, 0) is 88.4 Å². The van der Waals surface area contributed by atoms with Crippen molar-refractivity contribution in [3.8, 4) is 0 Å². The molecule has 0 spiro atoms. The Kier molecular flexibility index (Phi) is 21.0. The fourth-order valence-electron chi connectivity index (χ4n) is 7.11. The quantitative estimate of drug-likeness (QED) is 0.158. The lowest BCUT2D eigenvalue weighted by Crippen LogP contribution is -2.64. The molecule has 4 aliphatic rings. The summed E-state index contributed by atoms with van der Waals surface area (Å²) >= 11 is 0. The van der Waals surface area contributed by atoms with Crippen LogP contribution in [0.4, 0.5) is 0 Å². The Hall–Kier alpha value is -2.69. The highest BCUT2D eigenvalue weighted by Crippen LogP contribution is 2.42. The highest BCUT2D eigenvalue weighted by atomic mass is 16.5. The van der Waals surface area contributed by atoms with Crippen molar-refractivity contribution in [3.05, 3.63) is 0 Å². The monoisotopic (exact) mass is 766 g/mol. The molecule has 0 aromatic rings. The van der Waals surface area contributed by atoms with Gasteiger partial charge in [0.05, 0.1) is 18.8 Å². The molecule has 1 aliphatic heterocycles. The van der Waals surface area contributed by atoms with Crippen molar-refractivity contribution in [2.24, 2.45) is 29.6 Å². The minimum atomic E-state index is -0.0775. The first-order valence-corrected chi connectivity index (χ1v) is 20.6. The molecule has 0 radical (unpaired) electrons. The van der Waals surface area contributed by atoms with Gasteiger partial charge in [-0.1, -0.05) is 82.1 Å². The van der Waals surface area contributed by atoms with Gasteiger partial charge >= 0.3 is 0 Å². The van der Waals surface area contributed by atoms with E-state index in [1.165, 1.54) is 19.3 Å². The van der Waals surface area contributed by atoms with Crippen molar-refractivity contribution in [3.63, 3.8) is 0 Å². The van der Waals surface area contributed by atoms with E-state index in [0.717, 1.165) is 38.5 Å². The Labute approximate surface area is 330 Å². The Morgan fingerprint density at radius 1 is 0.444 bits per heavy atom. The van der Waals surface area contributed by atoms with Gasteiger partial charge in [0.2, 0.25) is 29.5 Å². The average molecular weight is 766 g/mol. The Bertz CT molecular complexity index is 1130. The summed E-state index contributed by atoms with van der Waals surface area (Å²) in [5.74, 6) is 3.02. The van der Waals surface area contributed by atoms with Crippen LogP contribution in [-0.2, 0) is 28.7 Å². The third-order valence-electron chi connectivity index (χ3n) is 12.3. The third kappa shape index (κ3) is 17.0. The van der Waals surface area contributed by atoms with Crippen LogP contribution in [0, 0.1) is 29.6 Å². The number of hydrogen-bond donors (Lipinski definition) is 5. The molecule has 4 fully saturated rings. The van der Waals surface area contributed by atoms with Crippen molar-refractivity contribution in [1.29, 1.82) is 0 Å². The second-order valence-corrected chi connectivity index (χ2v) is 18.6. The fraction of sp³-hybridized carbons (Fsp3) is 0.884. The molecular weight excluding hydrogens is 683 g/mol. The summed E-state index contributed by atoms with van der Waals surface area (Å²) in [4.78, 5) is 54.0. The van der Waals surface area contributed by atoms with Gasteiger partial charge in [0.25, 0.3) is 0 Å². The number of carbonyl (C=O) groups is 5. The highest BCUT2D eigenvalue weighted by Gasteiger charge is 2.46. The van der Waals surface area contributed by atoms with Gasteiger partial charge in [-0.15, -0.1) is 0 Å². The minimum Gasteiger partial charge on any atom is -0.376 e. The van der Waals surface area contributed by atoms with Crippen molar-refractivity contribution < 1.29 is 28.7 Å². The first-order chi connectivity index (χ1) is 24.6. The number of amides is 5. The zero-order valence-corrected chi connectivity index (χ0v) is 37.6. The standard InChI is InChI=1S/C10H19NO.C9H17NO.C8H15NO2.C8H15NO.C8H17NO/c1-8(2)10(11-9(3)12)6-4-5-7-10;1-7(2)9(5-4-6-9)10-8(3)11;1-6(2)8(4-11-5-8)9-7(3)10;1-6(2)8(4-5-8)9-7(3)10;1-6(2)8(4,5)9-7(3)10/h8H,4-7H2,1-3H3,(H,11,12);7H,4-6H2,1-3H3,(H,10,11);6H,4-5H2,1-3H3,(H,9,10);6H,4-5H2,1-3H3,(H,9,10);6H,1-5H3,(H,9,10). The molecule has 0 unspecified atom stereocenters. The van der Waals surface area contributed by atoms with Gasteiger partial charge in [-0.3, -0.25) is 24.0 Å². The fourth-order valence-corrected chi connectivity index (χ4v) is 7.11. The molecule has 5 N–H and O–H groups in total. The van der Waals surface area contributed by atoms with E-state index >= 15 is 0 Å². The molecule has 0 atom stereocenters. The highest BCUT2D eigenvalue weighted by molar-refractivity contribution is 5.75. The van der Waals surface area contributed by atoms with Gasteiger partial charge in [-0.25, -0.2) is 0 Å². The van der Waals surface area contributed by atoms with Crippen LogP contribution in [0.5, 0.6) is 0 Å². The van der Waals surface area contributed by atoms with E-state index in [4.69, 9.17) is 4.74 Å². The van der Waals surface area contributed by atoms with E-state index in [0.29, 0.717) is 42.8 Å². The summed E-state index contributed by atoms with van der Waals surface area (Å²) in [6, 6.07) is 0. The summed E-state index contributed by atoms with van der Waals surface area (Å²) in [6.45, 7) is 34.7. The van der Waals surface area contributed by atoms with Gasteiger partial charge in [0.1, 0.15) is 0 Å². The van der Waals surface area contributed by atoms with Crippen molar-refractivity contribution in [2.45, 2.75) is 203 Å². The molecule has 316 valence electrons. The Morgan fingerprint density at radius 3 is 0.852 bits per heavy atom. The van der Waals surface area contributed by atoms with E-state index in [2.05, 4.69) is 95.8 Å². The largest absolute Gasteiger partial charge is 0.376 e. The van der Waals surface area contributed by atoms with Gasteiger partial charge < -0.3 is 31.3 Å². The molecule has 3 aliphatic carbocycles. The van der Waals surface area contributed by atoms with E-state index in [9.17, 15) is 24.0 Å². The van der Waals surface area contributed by atoms with Gasteiger partial charge in [0, 0.05) is 56.8 Å². The Morgan fingerprint density at radius 2 is 0.722 bits per heavy atom. The van der Waals surface area contributed by atoms with Crippen LogP contribution in [0.15, 0.2) is 0 Å². The first kappa shape index (κ1) is 51.3. The Balaban J connectivity index is 0.000000651. The van der Waals surface area contributed by atoms with Crippen LogP contribution >= 0.6 is 0 Å². The van der Waals surface area contributed by atoms with Crippen LogP contribution in [-0.4, -0.2) is 70.4 Å².